The van der Waals surface area contributed by atoms with E-state index in [1.54, 1.807) is 11.3 Å². The van der Waals surface area contributed by atoms with Crippen LogP contribution in [0, 0.1) is 0 Å². The highest BCUT2D eigenvalue weighted by atomic mass is 32.1. The van der Waals surface area contributed by atoms with E-state index in [2.05, 4.69) is 26.6 Å². The van der Waals surface area contributed by atoms with E-state index in [-0.39, 0.29) is 17.9 Å². The number of nitrogens with one attached hydrogen (secondary N) is 1. The van der Waals surface area contributed by atoms with Gasteiger partial charge < -0.3 is 10.2 Å². The normalized spacial score (nSPS) is 17.0. The standard InChI is InChI=1S/C19H32N4O2S/c1-4-22(5-2)18(24)15-21-10-12-23(13-11-21)16(3)19(25)20-9-8-17-7-6-14-26-17/h6-7,14,16H,4-5,8-13,15H2,1-3H3,(H,20,25). The van der Waals surface area contributed by atoms with Gasteiger partial charge in [0.05, 0.1) is 12.6 Å². The molecule has 0 aromatic carbocycles. The predicted molar refractivity (Wildman–Crippen MR) is 106 cm³/mol. The molecule has 0 bridgehead atoms. The Morgan fingerprint density at radius 3 is 2.50 bits per heavy atom. The highest BCUT2D eigenvalue weighted by Gasteiger charge is 2.26. The van der Waals surface area contributed by atoms with Gasteiger partial charge in [0.1, 0.15) is 0 Å². The number of piperazine rings is 1. The van der Waals surface area contributed by atoms with Gasteiger partial charge in [0.2, 0.25) is 11.8 Å². The van der Waals surface area contributed by atoms with Crippen LogP contribution in [0.4, 0.5) is 0 Å². The first kappa shape index (κ1) is 20.9. The summed E-state index contributed by atoms with van der Waals surface area (Å²) < 4.78 is 0. The second-order valence-electron chi connectivity index (χ2n) is 6.67. The van der Waals surface area contributed by atoms with Crippen molar-refractivity contribution < 1.29 is 9.59 Å². The summed E-state index contributed by atoms with van der Waals surface area (Å²) in [7, 11) is 0. The molecule has 2 rings (SSSR count). The van der Waals surface area contributed by atoms with Crippen molar-refractivity contribution in [3.05, 3.63) is 22.4 Å². The second kappa shape index (κ2) is 10.6. The molecule has 1 aliphatic rings. The Kier molecular flexibility index (Phi) is 8.54. The van der Waals surface area contributed by atoms with E-state index in [1.165, 1.54) is 4.88 Å². The van der Waals surface area contributed by atoms with Crippen molar-refractivity contribution in [2.75, 3.05) is 52.4 Å². The van der Waals surface area contributed by atoms with Gasteiger partial charge in [-0.1, -0.05) is 6.07 Å². The van der Waals surface area contributed by atoms with Gasteiger partial charge in [0.15, 0.2) is 0 Å². The lowest BCUT2D eigenvalue weighted by Crippen LogP contribution is -2.55. The van der Waals surface area contributed by atoms with Crippen LogP contribution in [0.2, 0.25) is 0 Å². The van der Waals surface area contributed by atoms with E-state index in [9.17, 15) is 9.59 Å². The third kappa shape index (κ3) is 6.07. The summed E-state index contributed by atoms with van der Waals surface area (Å²) in [6, 6.07) is 4.01. The van der Waals surface area contributed by atoms with Crippen LogP contribution in [0.15, 0.2) is 17.5 Å². The van der Waals surface area contributed by atoms with Crippen LogP contribution in [-0.4, -0.2) is 84.9 Å². The Balaban J connectivity index is 1.69. The van der Waals surface area contributed by atoms with E-state index >= 15 is 0 Å². The molecule has 1 aromatic rings. The molecule has 146 valence electrons. The monoisotopic (exact) mass is 380 g/mol. The minimum Gasteiger partial charge on any atom is -0.354 e. The fourth-order valence-electron chi connectivity index (χ4n) is 3.25. The largest absolute Gasteiger partial charge is 0.354 e. The molecule has 26 heavy (non-hydrogen) atoms. The molecule has 0 saturated carbocycles. The number of likely N-dealkylation sites (N-methyl/N-ethyl adjacent to an activating group) is 1. The molecule has 1 fully saturated rings. The summed E-state index contributed by atoms with van der Waals surface area (Å²) in [5.74, 6) is 0.289. The van der Waals surface area contributed by atoms with Crippen LogP contribution in [0.25, 0.3) is 0 Å². The van der Waals surface area contributed by atoms with Crippen molar-refractivity contribution in [1.82, 2.24) is 20.0 Å². The number of nitrogens with zero attached hydrogens (tertiary/aromatic N) is 3. The van der Waals surface area contributed by atoms with Crippen LogP contribution in [0.1, 0.15) is 25.6 Å². The van der Waals surface area contributed by atoms with E-state index in [0.29, 0.717) is 13.1 Å². The van der Waals surface area contributed by atoms with Gasteiger partial charge in [-0.05, 0) is 38.6 Å². The minimum atomic E-state index is -0.126. The SMILES string of the molecule is CCN(CC)C(=O)CN1CCN(C(C)C(=O)NCCc2cccs2)CC1. The number of thiophene rings is 1. The quantitative estimate of drug-likeness (QED) is 0.701. The lowest BCUT2D eigenvalue weighted by Gasteiger charge is -2.37. The molecule has 0 spiro atoms. The fourth-order valence-corrected chi connectivity index (χ4v) is 3.96. The molecule has 1 atom stereocenters. The van der Waals surface area contributed by atoms with Crippen molar-refractivity contribution in [2.45, 2.75) is 33.2 Å². The van der Waals surface area contributed by atoms with Gasteiger partial charge >= 0.3 is 0 Å². The zero-order valence-electron chi connectivity index (χ0n) is 16.2. The number of carbonyl (C=O) groups excluding carboxylic acids is 2. The van der Waals surface area contributed by atoms with Gasteiger partial charge in [-0.3, -0.25) is 19.4 Å². The van der Waals surface area contributed by atoms with E-state index in [0.717, 1.165) is 45.7 Å². The zero-order chi connectivity index (χ0) is 18.9. The summed E-state index contributed by atoms with van der Waals surface area (Å²) in [4.78, 5) is 32.2. The molecular weight excluding hydrogens is 348 g/mol. The second-order valence-corrected chi connectivity index (χ2v) is 7.71. The molecule has 0 radical (unpaired) electrons. The summed E-state index contributed by atoms with van der Waals surface area (Å²) in [5.41, 5.74) is 0. The average molecular weight is 381 g/mol. The lowest BCUT2D eigenvalue weighted by atomic mass is 10.2. The lowest BCUT2D eigenvalue weighted by molar-refractivity contribution is -0.133. The number of amides is 2. The van der Waals surface area contributed by atoms with E-state index in [4.69, 9.17) is 0 Å². The Morgan fingerprint density at radius 1 is 1.23 bits per heavy atom. The molecule has 1 aliphatic heterocycles. The molecule has 2 amide bonds. The molecule has 7 heteroatoms. The average Bonchev–Trinajstić information content (AvgIpc) is 3.16. The Morgan fingerprint density at radius 2 is 1.92 bits per heavy atom. The Bertz CT molecular complexity index is 552. The molecular formula is C19H32N4O2S. The first-order valence-electron chi connectivity index (χ1n) is 9.59. The third-order valence-corrected chi connectivity index (χ3v) is 6.00. The molecule has 1 aromatic heterocycles. The van der Waals surface area contributed by atoms with Crippen LogP contribution >= 0.6 is 11.3 Å². The molecule has 1 N–H and O–H groups in total. The summed E-state index contributed by atoms with van der Waals surface area (Å²) >= 11 is 1.72. The van der Waals surface area contributed by atoms with E-state index < -0.39 is 0 Å². The maximum Gasteiger partial charge on any atom is 0.237 e. The first-order valence-corrected chi connectivity index (χ1v) is 10.5. The van der Waals surface area contributed by atoms with Crippen LogP contribution in [0.3, 0.4) is 0 Å². The van der Waals surface area contributed by atoms with E-state index in [1.807, 2.05) is 31.7 Å². The number of rotatable bonds is 9. The van der Waals surface area contributed by atoms with Gasteiger partial charge in [0, 0.05) is 50.7 Å². The van der Waals surface area contributed by atoms with Crippen molar-refractivity contribution in [3.63, 3.8) is 0 Å². The van der Waals surface area contributed by atoms with Crippen molar-refractivity contribution in [2.24, 2.45) is 0 Å². The maximum absolute atomic E-state index is 12.4. The number of carbonyl (C=O) groups is 2. The smallest absolute Gasteiger partial charge is 0.237 e. The Hall–Kier alpha value is -1.44. The molecule has 6 nitrogen and oxygen atoms in total. The first-order chi connectivity index (χ1) is 12.5. The van der Waals surface area contributed by atoms with Crippen molar-refractivity contribution >= 4 is 23.2 Å². The third-order valence-electron chi connectivity index (χ3n) is 5.06. The van der Waals surface area contributed by atoms with Crippen LogP contribution < -0.4 is 5.32 Å². The van der Waals surface area contributed by atoms with Crippen LogP contribution in [-0.2, 0) is 16.0 Å². The summed E-state index contributed by atoms with van der Waals surface area (Å²) in [6.45, 7) is 12.0. The van der Waals surface area contributed by atoms with Gasteiger partial charge in [0.25, 0.3) is 0 Å². The summed E-state index contributed by atoms with van der Waals surface area (Å²) in [5, 5.41) is 5.10. The number of hydrogen-bond acceptors (Lipinski definition) is 5. The Labute approximate surface area is 161 Å². The predicted octanol–water partition coefficient (Wildman–Crippen LogP) is 1.28. The van der Waals surface area contributed by atoms with Gasteiger partial charge in [-0.25, -0.2) is 0 Å². The molecule has 1 saturated heterocycles. The molecule has 1 unspecified atom stereocenters. The topological polar surface area (TPSA) is 55.9 Å². The van der Waals surface area contributed by atoms with Crippen LogP contribution in [0.5, 0.6) is 0 Å². The zero-order valence-corrected chi connectivity index (χ0v) is 17.1. The molecule has 2 heterocycles. The fraction of sp³-hybridized carbons (Fsp3) is 0.684. The summed E-state index contributed by atoms with van der Waals surface area (Å²) in [6.07, 6.45) is 0.886. The molecule has 0 aliphatic carbocycles. The van der Waals surface area contributed by atoms with Crippen molar-refractivity contribution in [3.8, 4) is 0 Å². The highest BCUT2D eigenvalue weighted by molar-refractivity contribution is 7.09. The maximum atomic E-state index is 12.4. The van der Waals surface area contributed by atoms with Crippen molar-refractivity contribution in [1.29, 1.82) is 0 Å². The highest BCUT2D eigenvalue weighted by Crippen LogP contribution is 2.09. The van der Waals surface area contributed by atoms with Gasteiger partial charge in [-0.2, -0.15) is 0 Å². The number of hydrogen-bond donors (Lipinski definition) is 1. The minimum absolute atomic E-state index is 0.0919. The van der Waals surface area contributed by atoms with Gasteiger partial charge in [-0.15, -0.1) is 11.3 Å².